The Morgan fingerprint density at radius 1 is 1.24 bits per heavy atom. The second kappa shape index (κ2) is 6.48. The van der Waals surface area contributed by atoms with Gasteiger partial charge in [0, 0.05) is 24.2 Å². The van der Waals surface area contributed by atoms with E-state index in [0.717, 1.165) is 22.7 Å². The van der Waals surface area contributed by atoms with Gasteiger partial charge in [-0.1, -0.05) is 13.8 Å². The van der Waals surface area contributed by atoms with Crippen LogP contribution < -0.4 is 16.0 Å². The molecule has 3 rings (SSSR count). The molecule has 0 saturated carbocycles. The zero-order chi connectivity index (χ0) is 18.2. The van der Waals surface area contributed by atoms with Crippen molar-refractivity contribution in [2.24, 2.45) is 18.7 Å². The number of aryl methyl sites for hydroxylation is 1. The second-order valence-electron chi connectivity index (χ2n) is 7.51. The van der Waals surface area contributed by atoms with E-state index in [0.29, 0.717) is 23.7 Å². The van der Waals surface area contributed by atoms with Crippen molar-refractivity contribution in [2.45, 2.75) is 32.7 Å². The summed E-state index contributed by atoms with van der Waals surface area (Å²) in [6, 6.07) is 7.57. The minimum Gasteiger partial charge on any atom is -0.492 e. The van der Waals surface area contributed by atoms with Gasteiger partial charge in [-0.05, 0) is 48.9 Å². The minimum absolute atomic E-state index is 0.0568. The maximum atomic E-state index is 12.7. The van der Waals surface area contributed by atoms with Crippen molar-refractivity contribution in [1.29, 1.82) is 0 Å². The lowest BCUT2D eigenvalue weighted by Gasteiger charge is -2.26. The number of aromatic nitrogens is 2. The van der Waals surface area contributed by atoms with E-state index >= 15 is 0 Å². The fourth-order valence-corrected chi connectivity index (χ4v) is 3.44. The third-order valence-electron chi connectivity index (χ3n) is 4.42. The summed E-state index contributed by atoms with van der Waals surface area (Å²) >= 11 is 0. The van der Waals surface area contributed by atoms with Crippen molar-refractivity contribution in [1.82, 2.24) is 9.55 Å². The van der Waals surface area contributed by atoms with Crippen molar-refractivity contribution in [3.63, 3.8) is 0 Å². The largest absolute Gasteiger partial charge is 0.492 e. The molecule has 132 valence electrons. The van der Waals surface area contributed by atoms with Crippen LogP contribution in [0.2, 0.25) is 0 Å². The van der Waals surface area contributed by atoms with Crippen molar-refractivity contribution in [3.8, 4) is 5.75 Å². The Morgan fingerprint density at radius 2 is 2.00 bits per heavy atom. The van der Waals surface area contributed by atoms with Crippen LogP contribution in [-0.2, 0) is 7.05 Å². The molecule has 2 aromatic heterocycles. The summed E-state index contributed by atoms with van der Waals surface area (Å²) < 4.78 is 7.53. The molecule has 0 spiro atoms. The Bertz CT molecular complexity index is 974. The molecule has 1 unspecified atom stereocenters. The first kappa shape index (κ1) is 17.4. The van der Waals surface area contributed by atoms with Crippen molar-refractivity contribution < 1.29 is 4.74 Å². The Morgan fingerprint density at radius 3 is 2.72 bits per heavy atom. The number of hydrogen-bond donors (Lipinski definition) is 1. The van der Waals surface area contributed by atoms with E-state index in [1.165, 1.54) is 0 Å². The first-order chi connectivity index (χ1) is 11.8. The minimum atomic E-state index is -0.400. The zero-order valence-electron chi connectivity index (χ0n) is 15.2. The van der Waals surface area contributed by atoms with Crippen LogP contribution in [0, 0.1) is 5.92 Å². The fourth-order valence-electron chi connectivity index (χ4n) is 3.44. The predicted octanol–water partition coefficient (Wildman–Crippen LogP) is 3.23. The summed E-state index contributed by atoms with van der Waals surface area (Å²) in [5, 5.41) is 2.55. The third kappa shape index (κ3) is 3.51. The van der Waals surface area contributed by atoms with Crippen LogP contribution in [0.3, 0.4) is 0 Å². The summed E-state index contributed by atoms with van der Waals surface area (Å²) in [6.45, 7) is 6.69. The normalized spacial score (nSPS) is 14.2. The van der Waals surface area contributed by atoms with Gasteiger partial charge in [-0.2, -0.15) is 0 Å². The lowest BCUT2D eigenvalue weighted by molar-refractivity contribution is 0.207. The van der Waals surface area contributed by atoms with Gasteiger partial charge in [0.1, 0.15) is 12.4 Å². The van der Waals surface area contributed by atoms with Gasteiger partial charge in [0.2, 0.25) is 0 Å². The molecule has 0 fully saturated rings. The first-order valence-corrected chi connectivity index (χ1v) is 8.57. The highest BCUT2D eigenvalue weighted by Crippen LogP contribution is 2.26. The molecule has 25 heavy (non-hydrogen) atoms. The summed E-state index contributed by atoms with van der Waals surface area (Å²) in [5.74, 6) is 1.17. The van der Waals surface area contributed by atoms with Gasteiger partial charge in [-0.25, -0.2) is 0 Å². The van der Waals surface area contributed by atoms with E-state index in [-0.39, 0.29) is 5.56 Å². The van der Waals surface area contributed by atoms with E-state index in [9.17, 15) is 4.79 Å². The zero-order valence-corrected chi connectivity index (χ0v) is 15.2. The molecular weight excluding hydrogens is 314 g/mol. The molecule has 5 heteroatoms. The number of hydrogen-bond acceptors (Lipinski definition) is 4. The molecule has 0 radical (unpaired) electrons. The molecule has 2 heterocycles. The van der Waals surface area contributed by atoms with E-state index in [1.54, 1.807) is 24.0 Å². The molecule has 2 N–H and O–H groups in total. The summed E-state index contributed by atoms with van der Waals surface area (Å²) in [6.07, 6.45) is 4.33. The molecule has 0 aliphatic heterocycles. The number of nitrogens with zero attached hydrogens (tertiary/aromatic N) is 2. The molecule has 5 nitrogen and oxygen atoms in total. The van der Waals surface area contributed by atoms with Gasteiger partial charge in [-0.15, -0.1) is 0 Å². The molecule has 1 atom stereocenters. The molecule has 0 aliphatic carbocycles. The predicted molar refractivity (Wildman–Crippen MR) is 102 cm³/mol. The Hall–Kier alpha value is -2.40. The monoisotopic (exact) mass is 339 g/mol. The summed E-state index contributed by atoms with van der Waals surface area (Å²) in [5.41, 5.74) is 6.67. The van der Waals surface area contributed by atoms with Gasteiger partial charge in [0.05, 0.1) is 17.1 Å². The summed E-state index contributed by atoms with van der Waals surface area (Å²) in [4.78, 5) is 16.8. The van der Waals surface area contributed by atoms with Gasteiger partial charge in [0.15, 0.2) is 0 Å². The van der Waals surface area contributed by atoms with Crippen LogP contribution in [-0.4, -0.2) is 21.7 Å². The smallest absolute Gasteiger partial charge is 0.258 e. The van der Waals surface area contributed by atoms with Crippen LogP contribution in [0.1, 0.15) is 27.2 Å². The molecule has 0 amide bonds. The van der Waals surface area contributed by atoms with E-state index < -0.39 is 5.54 Å². The fraction of sp³-hybridized carbons (Fsp3) is 0.400. The van der Waals surface area contributed by atoms with Crippen LogP contribution in [0.15, 0.2) is 41.5 Å². The van der Waals surface area contributed by atoms with E-state index in [1.807, 2.05) is 31.2 Å². The molecule has 1 aromatic carbocycles. The second-order valence-corrected chi connectivity index (χ2v) is 7.51. The Labute approximate surface area is 147 Å². The number of fused-ring (bicyclic) bond motifs is 3. The van der Waals surface area contributed by atoms with Gasteiger partial charge in [-0.3, -0.25) is 9.78 Å². The topological polar surface area (TPSA) is 70.1 Å². The van der Waals surface area contributed by atoms with Crippen LogP contribution in [0.25, 0.3) is 21.7 Å². The number of ether oxygens (including phenoxy) is 1. The number of pyridine rings is 2. The molecule has 0 bridgehead atoms. The van der Waals surface area contributed by atoms with Gasteiger partial charge >= 0.3 is 0 Å². The average Bonchev–Trinajstić information content (AvgIpc) is 2.57. The highest BCUT2D eigenvalue weighted by molar-refractivity contribution is 6.05. The van der Waals surface area contributed by atoms with E-state index in [4.69, 9.17) is 10.5 Å². The van der Waals surface area contributed by atoms with Crippen molar-refractivity contribution >= 4 is 21.7 Å². The quantitative estimate of drug-likeness (QED) is 0.725. The Balaban J connectivity index is 1.99. The van der Waals surface area contributed by atoms with E-state index in [2.05, 4.69) is 18.8 Å². The first-order valence-electron chi connectivity index (χ1n) is 8.57. The lowest BCUT2D eigenvalue weighted by Crippen LogP contribution is -2.43. The molecule has 0 saturated heterocycles. The summed E-state index contributed by atoms with van der Waals surface area (Å²) in [7, 11) is 1.76. The third-order valence-corrected chi connectivity index (χ3v) is 4.42. The average molecular weight is 339 g/mol. The van der Waals surface area contributed by atoms with Gasteiger partial charge in [0.25, 0.3) is 5.56 Å². The lowest BCUT2D eigenvalue weighted by atomic mass is 9.93. The Kier molecular flexibility index (Phi) is 4.52. The van der Waals surface area contributed by atoms with Crippen molar-refractivity contribution in [3.05, 3.63) is 47.0 Å². The maximum Gasteiger partial charge on any atom is 0.258 e. The molecule has 0 aliphatic rings. The molecular formula is C20H25N3O2. The highest BCUT2D eigenvalue weighted by Gasteiger charge is 2.21. The van der Waals surface area contributed by atoms with Crippen molar-refractivity contribution in [2.75, 3.05) is 6.61 Å². The van der Waals surface area contributed by atoms with Crippen LogP contribution in [0.5, 0.6) is 5.75 Å². The van der Waals surface area contributed by atoms with Crippen LogP contribution >= 0.6 is 0 Å². The number of rotatable bonds is 5. The van der Waals surface area contributed by atoms with Gasteiger partial charge < -0.3 is 15.0 Å². The number of nitrogens with two attached hydrogens (primary N) is 1. The molecule has 3 aromatic rings. The number of benzene rings is 1. The highest BCUT2D eigenvalue weighted by atomic mass is 16.5. The standard InChI is InChI=1S/C20H25N3O2/c1-13(2)10-20(3,21)12-25-14-5-6-15-16-7-8-22-11-18(16)23(4)19(24)17(15)9-14/h5-9,11,13H,10,12,21H2,1-4H3. The SMILES string of the molecule is CC(C)CC(C)(N)COc1ccc2c(c1)c(=O)n(C)c1cnccc21. The van der Waals surface area contributed by atoms with Crippen LogP contribution in [0.4, 0.5) is 0 Å². The maximum absolute atomic E-state index is 12.7.